The van der Waals surface area contributed by atoms with Crippen molar-refractivity contribution in [3.05, 3.63) is 23.8 Å². The summed E-state index contributed by atoms with van der Waals surface area (Å²) in [5, 5.41) is 0. The lowest BCUT2D eigenvalue weighted by Gasteiger charge is -2.60. The molecular formula is C20H29FS. The van der Waals surface area contributed by atoms with Gasteiger partial charge in [0.05, 0.1) is 0 Å². The lowest BCUT2D eigenvalue weighted by atomic mass is 9.47. The Morgan fingerprint density at radius 3 is 2.91 bits per heavy atom. The second-order valence-electron chi connectivity index (χ2n) is 8.37. The number of hydrogen-bond acceptors (Lipinski definition) is 1. The maximum absolute atomic E-state index is 16.5. The summed E-state index contributed by atoms with van der Waals surface area (Å²) in [6.45, 7) is 2.19. The van der Waals surface area contributed by atoms with E-state index < -0.39 is 5.67 Å². The van der Waals surface area contributed by atoms with Crippen molar-refractivity contribution in [1.82, 2.24) is 0 Å². The van der Waals surface area contributed by atoms with Gasteiger partial charge in [-0.15, -0.1) is 0 Å². The Bertz CT molecular complexity index is 524. The van der Waals surface area contributed by atoms with Crippen molar-refractivity contribution >= 4 is 11.8 Å². The summed E-state index contributed by atoms with van der Waals surface area (Å²) in [5.41, 5.74) is 0.534. The largest absolute Gasteiger partial charge is 0.242 e. The average molecular weight is 321 g/mol. The van der Waals surface area contributed by atoms with Gasteiger partial charge in [0.1, 0.15) is 5.67 Å². The molecule has 2 heteroatoms. The van der Waals surface area contributed by atoms with Gasteiger partial charge in [-0.05, 0) is 81.1 Å². The molecule has 0 aromatic heterocycles. The molecule has 4 aliphatic carbocycles. The zero-order valence-electron chi connectivity index (χ0n) is 14.0. The molecule has 22 heavy (non-hydrogen) atoms. The van der Waals surface area contributed by atoms with E-state index in [1.54, 1.807) is 0 Å². The number of alkyl halides is 1. The van der Waals surface area contributed by atoms with Crippen LogP contribution in [0.25, 0.3) is 0 Å². The van der Waals surface area contributed by atoms with Crippen molar-refractivity contribution in [3.8, 4) is 0 Å². The maximum atomic E-state index is 16.5. The minimum absolute atomic E-state index is 0.292. The van der Waals surface area contributed by atoms with Gasteiger partial charge in [0.25, 0.3) is 0 Å². The molecule has 0 unspecified atom stereocenters. The Morgan fingerprint density at radius 2 is 2.09 bits per heavy atom. The zero-order valence-corrected chi connectivity index (χ0v) is 14.9. The van der Waals surface area contributed by atoms with Gasteiger partial charge in [-0.25, -0.2) is 4.39 Å². The van der Waals surface area contributed by atoms with Crippen LogP contribution < -0.4 is 0 Å². The molecule has 4 aliphatic rings. The molecule has 5 atom stereocenters. The molecule has 0 saturated heterocycles. The molecule has 0 nitrogen and oxygen atoms in total. The Balaban J connectivity index is 1.73. The molecule has 0 aliphatic heterocycles. The first kappa shape index (κ1) is 15.3. The van der Waals surface area contributed by atoms with Gasteiger partial charge < -0.3 is 0 Å². The highest BCUT2D eigenvalue weighted by Gasteiger charge is 2.65. The summed E-state index contributed by atoms with van der Waals surface area (Å²) in [6.07, 6.45) is 18.0. The van der Waals surface area contributed by atoms with Crippen LogP contribution >= 0.6 is 11.8 Å². The van der Waals surface area contributed by atoms with Gasteiger partial charge in [0.15, 0.2) is 0 Å². The second kappa shape index (κ2) is 5.13. The summed E-state index contributed by atoms with van der Waals surface area (Å²) >= 11 is 1.99. The molecule has 0 bridgehead atoms. The number of allylic oxidation sites excluding steroid dienone is 4. The standard InChI is InChI=1S/C20H29FS/c1-18-10-4-3-6-15(18)8-9-17-16-7-5-11-19(16,14-22-2)12-13-20(17,18)21/h4,6,10,16-17H,3,5,7-9,11-14H2,1-2H3/t16-,17-,18-,19-,20+/m0/s1. The van der Waals surface area contributed by atoms with Crippen LogP contribution in [-0.2, 0) is 0 Å². The summed E-state index contributed by atoms with van der Waals surface area (Å²) in [5.74, 6) is 2.17. The molecule has 4 rings (SSSR count). The number of hydrogen-bond donors (Lipinski definition) is 0. The highest BCUT2D eigenvalue weighted by atomic mass is 32.2. The van der Waals surface area contributed by atoms with E-state index >= 15 is 4.39 Å². The molecular weight excluding hydrogens is 291 g/mol. The first-order valence-corrected chi connectivity index (χ1v) is 10.5. The molecule has 0 spiro atoms. The van der Waals surface area contributed by atoms with E-state index in [9.17, 15) is 0 Å². The van der Waals surface area contributed by atoms with Crippen LogP contribution in [0.15, 0.2) is 23.8 Å². The Kier molecular flexibility index (Phi) is 3.57. The maximum Gasteiger partial charge on any atom is 0.126 e. The lowest BCUT2D eigenvalue weighted by molar-refractivity contribution is -0.116. The van der Waals surface area contributed by atoms with Crippen LogP contribution in [0.4, 0.5) is 4.39 Å². The lowest BCUT2D eigenvalue weighted by Crippen LogP contribution is -2.59. The topological polar surface area (TPSA) is 0 Å². The smallest absolute Gasteiger partial charge is 0.126 e. The Morgan fingerprint density at radius 1 is 1.23 bits per heavy atom. The number of thioether (sulfide) groups is 1. The van der Waals surface area contributed by atoms with Crippen molar-refractivity contribution < 1.29 is 4.39 Å². The molecule has 3 fully saturated rings. The van der Waals surface area contributed by atoms with Crippen LogP contribution in [-0.4, -0.2) is 17.7 Å². The normalized spacial score (nSPS) is 50.0. The van der Waals surface area contributed by atoms with Gasteiger partial charge in [0.2, 0.25) is 0 Å². The third-order valence-electron chi connectivity index (χ3n) is 7.67. The van der Waals surface area contributed by atoms with E-state index in [4.69, 9.17) is 0 Å². The fourth-order valence-electron chi connectivity index (χ4n) is 6.56. The molecule has 0 aromatic carbocycles. The zero-order chi connectivity index (χ0) is 15.4. The molecule has 0 heterocycles. The van der Waals surface area contributed by atoms with Crippen LogP contribution in [0.3, 0.4) is 0 Å². The Labute approximate surface area is 139 Å². The van der Waals surface area contributed by atoms with Crippen LogP contribution in [0.5, 0.6) is 0 Å². The van der Waals surface area contributed by atoms with Gasteiger partial charge in [-0.2, -0.15) is 11.8 Å². The molecule has 0 amide bonds. The molecule has 122 valence electrons. The van der Waals surface area contributed by atoms with Crippen LogP contribution in [0.2, 0.25) is 0 Å². The van der Waals surface area contributed by atoms with Gasteiger partial charge >= 0.3 is 0 Å². The van der Waals surface area contributed by atoms with Crippen molar-refractivity contribution in [2.75, 3.05) is 12.0 Å². The van der Waals surface area contributed by atoms with Crippen molar-refractivity contribution in [2.45, 2.75) is 64.0 Å². The minimum Gasteiger partial charge on any atom is -0.242 e. The summed E-state index contributed by atoms with van der Waals surface area (Å²) in [4.78, 5) is 0. The predicted octanol–water partition coefficient (Wildman–Crippen LogP) is 5.94. The first-order chi connectivity index (χ1) is 10.6. The molecule has 3 saturated carbocycles. The van der Waals surface area contributed by atoms with Crippen molar-refractivity contribution in [3.63, 3.8) is 0 Å². The summed E-state index contributed by atoms with van der Waals surface area (Å²) in [6, 6.07) is 0. The van der Waals surface area contributed by atoms with Crippen LogP contribution in [0.1, 0.15) is 58.3 Å². The number of fused-ring (bicyclic) bond motifs is 5. The van der Waals surface area contributed by atoms with E-state index in [2.05, 4.69) is 31.4 Å². The molecule has 0 N–H and O–H groups in total. The SMILES string of the molecule is CSC[C@@]12CCC[C@H]1[C@@H]1CCC3=CCC=C[C@]3(C)[C@@]1(F)CC2. The fourth-order valence-corrected chi connectivity index (χ4v) is 7.64. The van der Waals surface area contributed by atoms with Gasteiger partial charge in [-0.1, -0.05) is 30.2 Å². The van der Waals surface area contributed by atoms with E-state index in [1.165, 1.54) is 30.6 Å². The minimum atomic E-state index is -0.995. The van der Waals surface area contributed by atoms with Crippen molar-refractivity contribution in [2.24, 2.45) is 22.7 Å². The summed E-state index contributed by atoms with van der Waals surface area (Å²) < 4.78 is 16.5. The van der Waals surface area contributed by atoms with E-state index in [1.807, 2.05) is 11.8 Å². The fraction of sp³-hybridized carbons (Fsp3) is 0.800. The quantitative estimate of drug-likeness (QED) is 0.567. The van der Waals surface area contributed by atoms with Gasteiger partial charge in [-0.3, -0.25) is 0 Å². The molecule has 0 aromatic rings. The number of halogens is 1. The number of rotatable bonds is 2. The predicted molar refractivity (Wildman–Crippen MR) is 93.9 cm³/mol. The van der Waals surface area contributed by atoms with E-state index in [-0.39, 0.29) is 5.41 Å². The monoisotopic (exact) mass is 320 g/mol. The highest BCUT2D eigenvalue weighted by Crippen LogP contribution is 2.68. The summed E-state index contributed by atoms with van der Waals surface area (Å²) in [7, 11) is 0. The molecule has 0 radical (unpaired) electrons. The first-order valence-electron chi connectivity index (χ1n) is 9.11. The van der Waals surface area contributed by atoms with Crippen molar-refractivity contribution in [1.29, 1.82) is 0 Å². The van der Waals surface area contributed by atoms with Gasteiger partial charge in [0, 0.05) is 5.41 Å². The van der Waals surface area contributed by atoms with E-state index in [0.717, 1.165) is 32.1 Å². The third kappa shape index (κ3) is 1.82. The highest BCUT2D eigenvalue weighted by molar-refractivity contribution is 7.98. The third-order valence-corrected chi connectivity index (χ3v) is 8.54. The average Bonchev–Trinajstić information content (AvgIpc) is 2.92. The van der Waals surface area contributed by atoms with E-state index in [0.29, 0.717) is 17.3 Å². The van der Waals surface area contributed by atoms with Crippen LogP contribution in [0, 0.1) is 22.7 Å². The second-order valence-corrected chi connectivity index (χ2v) is 9.24. The Hall–Kier alpha value is -0.240.